The van der Waals surface area contributed by atoms with Crippen LogP contribution >= 0.6 is 11.3 Å². The summed E-state index contributed by atoms with van der Waals surface area (Å²) < 4.78 is 40.1. The molecule has 1 fully saturated rings. The molecular weight excluding hydrogens is 515 g/mol. The number of primary amides is 1. The molecule has 3 aromatic rings. The minimum Gasteiger partial charge on any atom is -0.364 e. The summed E-state index contributed by atoms with van der Waals surface area (Å²) in [6.45, 7) is 4.20. The summed E-state index contributed by atoms with van der Waals surface area (Å²) in [6, 6.07) is 9.26. The third-order valence-corrected chi connectivity index (χ3v) is 9.02. The molecule has 3 unspecified atom stereocenters. The van der Waals surface area contributed by atoms with Crippen LogP contribution in [0.25, 0.3) is 0 Å². The maximum absolute atomic E-state index is 13.0. The number of nitrogens with zero attached hydrogens (tertiary/aromatic N) is 4. The number of hydrogen-bond donors (Lipinski definition) is 1. The molecule has 2 aliphatic rings. The Labute approximate surface area is 222 Å². The Morgan fingerprint density at radius 1 is 1.21 bits per heavy atom. The number of halogens is 3. The number of carbonyl (C=O) groups excluding carboxylic acids is 2. The van der Waals surface area contributed by atoms with Crippen LogP contribution in [0.5, 0.6) is 0 Å². The lowest BCUT2D eigenvalue weighted by Gasteiger charge is -2.36. The average Bonchev–Trinajstić information content (AvgIpc) is 3.48. The van der Waals surface area contributed by atoms with E-state index in [0.717, 1.165) is 39.9 Å². The first-order valence-corrected chi connectivity index (χ1v) is 13.6. The van der Waals surface area contributed by atoms with Crippen molar-refractivity contribution in [1.29, 1.82) is 0 Å². The molecule has 2 amide bonds. The molecule has 2 aromatic heterocycles. The van der Waals surface area contributed by atoms with Gasteiger partial charge in [0.15, 0.2) is 5.69 Å². The lowest BCUT2D eigenvalue weighted by molar-refractivity contribution is -0.142. The number of thiazole rings is 1. The number of piperidine rings is 1. The van der Waals surface area contributed by atoms with Gasteiger partial charge in [0, 0.05) is 35.5 Å². The molecule has 3 atom stereocenters. The summed E-state index contributed by atoms with van der Waals surface area (Å²) in [4.78, 5) is 32.7. The number of aryl methyl sites for hydroxylation is 2. The normalized spacial score (nSPS) is 21.8. The van der Waals surface area contributed by atoms with Gasteiger partial charge in [-0.25, -0.2) is 4.98 Å². The van der Waals surface area contributed by atoms with E-state index >= 15 is 0 Å². The molecule has 11 heteroatoms. The highest BCUT2D eigenvalue weighted by Crippen LogP contribution is 2.44. The Balaban J connectivity index is 1.32. The Morgan fingerprint density at radius 2 is 1.97 bits per heavy atom. The predicted octanol–water partition coefficient (Wildman–Crippen LogP) is 4.89. The fourth-order valence-electron chi connectivity index (χ4n) is 5.72. The third kappa shape index (κ3) is 5.08. The quantitative estimate of drug-likeness (QED) is 0.494. The van der Waals surface area contributed by atoms with Crippen LogP contribution < -0.4 is 5.73 Å². The molecule has 0 spiro atoms. The fraction of sp³-hybridized carbons (Fsp3) is 0.481. The minimum atomic E-state index is -4.55. The molecular formula is C27H30F3N5O2S. The highest BCUT2D eigenvalue weighted by atomic mass is 32.1. The number of likely N-dealkylation sites (tertiary alicyclic amines) is 1. The van der Waals surface area contributed by atoms with Gasteiger partial charge in [-0.15, -0.1) is 11.3 Å². The zero-order valence-electron chi connectivity index (χ0n) is 21.3. The molecule has 1 saturated heterocycles. The second-order valence-electron chi connectivity index (χ2n) is 10.3. The summed E-state index contributed by atoms with van der Waals surface area (Å²) in [5.41, 5.74) is 7.92. The molecule has 2 N–H and O–H groups in total. The Hall–Kier alpha value is -3.21. The third-order valence-electron chi connectivity index (χ3n) is 7.72. The van der Waals surface area contributed by atoms with Gasteiger partial charge in [-0.1, -0.05) is 31.2 Å². The fourth-order valence-corrected chi connectivity index (χ4v) is 7.22. The van der Waals surface area contributed by atoms with E-state index in [9.17, 15) is 22.8 Å². The van der Waals surface area contributed by atoms with Crippen molar-refractivity contribution in [3.63, 3.8) is 0 Å². The summed E-state index contributed by atoms with van der Waals surface area (Å²) in [5, 5.41) is 4.43. The number of aromatic nitrogens is 3. The smallest absolute Gasteiger partial charge is 0.364 e. The number of carbonyl (C=O) groups is 2. The lowest BCUT2D eigenvalue weighted by Crippen LogP contribution is -2.43. The maximum atomic E-state index is 13.0. The van der Waals surface area contributed by atoms with Gasteiger partial charge in [0.1, 0.15) is 12.2 Å². The molecule has 202 valence electrons. The van der Waals surface area contributed by atoms with Gasteiger partial charge in [-0.3, -0.25) is 14.3 Å². The van der Waals surface area contributed by atoms with Crippen LogP contribution in [-0.4, -0.2) is 44.6 Å². The number of rotatable bonds is 5. The van der Waals surface area contributed by atoms with Crippen LogP contribution in [-0.2, 0) is 23.9 Å². The van der Waals surface area contributed by atoms with E-state index in [0.29, 0.717) is 25.2 Å². The SMILES string of the molecule is Cc1cc(C(F)(F)F)nn1CC(=O)N1CCC(c2nc(C(N)=O)c(C3CCCc4ccccc43)s2)C(C)C1. The predicted molar refractivity (Wildman–Crippen MR) is 137 cm³/mol. The van der Waals surface area contributed by atoms with E-state index < -0.39 is 17.8 Å². The van der Waals surface area contributed by atoms with E-state index in [1.165, 1.54) is 18.1 Å². The van der Waals surface area contributed by atoms with E-state index in [1.807, 2.05) is 19.1 Å². The number of alkyl halides is 3. The zero-order valence-corrected chi connectivity index (χ0v) is 22.1. The van der Waals surface area contributed by atoms with Gasteiger partial charge < -0.3 is 10.6 Å². The van der Waals surface area contributed by atoms with E-state index in [2.05, 4.69) is 17.2 Å². The summed E-state index contributed by atoms with van der Waals surface area (Å²) in [7, 11) is 0. The van der Waals surface area contributed by atoms with Gasteiger partial charge in [-0.05, 0) is 55.7 Å². The van der Waals surface area contributed by atoms with Crippen molar-refractivity contribution < 1.29 is 22.8 Å². The van der Waals surface area contributed by atoms with Crippen LogP contribution in [0.1, 0.15) is 80.9 Å². The minimum absolute atomic E-state index is 0.0514. The zero-order chi connectivity index (χ0) is 27.2. The molecule has 38 heavy (non-hydrogen) atoms. The van der Waals surface area contributed by atoms with Gasteiger partial charge in [0.25, 0.3) is 5.91 Å². The van der Waals surface area contributed by atoms with Crippen molar-refractivity contribution in [2.45, 2.75) is 64.1 Å². The molecule has 0 bridgehead atoms. The van der Waals surface area contributed by atoms with Gasteiger partial charge in [-0.2, -0.15) is 18.3 Å². The van der Waals surface area contributed by atoms with Crippen molar-refractivity contribution in [3.05, 3.63) is 68.4 Å². The highest BCUT2D eigenvalue weighted by molar-refractivity contribution is 7.12. The van der Waals surface area contributed by atoms with Crippen molar-refractivity contribution in [2.24, 2.45) is 11.7 Å². The second-order valence-corrected chi connectivity index (χ2v) is 11.4. The van der Waals surface area contributed by atoms with Gasteiger partial charge in [0.2, 0.25) is 5.91 Å². The molecule has 1 aliphatic heterocycles. The topological polar surface area (TPSA) is 94.1 Å². The van der Waals surface area contributed by atoms with E-state index in [1.54, 1.807) is 16.2 Å². The molecule has 1 aliphatic carbocycles. The summed E-state index contributed by atoms with van der Waals surface area (Å²) in [6.07, 6.45) is -0.926. The Kier molecular flexibility index (Phi) is 7.06. The molecule has 7 nitrogen and oxygen atoms in total. The van der Waals surface area contributed by atoms with Crippen LogP contribution in [0.2, 0.25) is 0 Å². The van der Waals surface area contributed by atoms with Crippen LogP contribution in [0.3, 0.4) is 0 Å². The Morgan fingerprint density at radius 3 is 2.66 bits per heavy atom. The molecule has 5 rings (SSSR count). The van der Waals surface area contributed by atoms with Crippen molar-refractivity contribution >= 4 is 23.2 Å². The summed E-state index contributed by atoms with van der Waals surface area (Å²) >= 11 is 1.55. The first-order chi connectivity index (χ1) is 18.0. The standard InChI is InChI=1S/C27H30F3N5O2S/c1-15-13-34(22(36)14-35-16(2)12-21(33-35)27(28,29)30)11-10-18(15)26-32-23(25(31)37)24(38-26)20-9-5-7-17-6-3-4-8-19(17)20/h3-4,6,8,12,15,18,20H,5,7,9-11,13-14H2,1-2H3,(H2,31,37). The number of fused-ring (bicyclic) bond motifs is 1. The van der Waals surface area contributed by atoms with Crippen LogP contribution in [0.4, 0.5) is 13.2 Å². The number of amides is 2. The van der Waals surface area contributed by atoms with Gasteiger partial charge in [0.05, 0.1) is 5.01 Å². The van der Waals surface area contributed by atoms with Crippen LogP contribution in [0.15, 0.2) is 30.3 Å². The lowest BCUT2D eigenvalue weighted by atomic mass is 9.81. The first-order valence-electron chi connectivity index (χ1n) is 12.8. The monoisotopic (exact) mass is 545 g/mol. The highest BCUT2D eigenvalue weighted by Gasteiger charge is 2.37. The molecule has 0 radical (unpaired) electrons. The maximum Gasteiger partial charge on any atom is 0.435 e. The van der Waals surface area contributed by atoms with Crippen molar-refractivity contribution in [2.75, 3.05) is 13.1 Å². The van der Waals surface area contributed by atoms with Crippen molar-refractivity contribution in [3.8, 4) is 0 Å². The summed E-state index contributed by atoms with van der Waals surface area (Å²) in [5.74, 6) is -0.608. The van der Waals surface area contributed by atoms with Crippen molar-refractivity contribution in [1.82, 2.24) is 19.7 Å². The van der Waals surface area contributed by atoms with Gasteiger partial charge >= 0.3 is 6.18 Å². The number of hydrogen-bond acceptors (Lipinski definition) is 5. The first kappa shape index (κ1) is 26.4. The second kappa shape index (κ2) is 10.2. The van der Waals surface area contributed by atoms with Crippen LogP contribution in [0, 0.1) is 12.8 Å². The average molecular weight is 546 g/mol. The largest absolute Gasteiger partial charge is 0.435 e. The Bertz CT molecular complexity index is 1360. The van der Waals surface area contributed by atoms with E-state index in [-0.39, 0.29) is 35.9 Å². The van der Waals surface area contributed by atoms with E-state index in [4.69, 9.17) is 10.7 Å². The molecule has 0 saturated carbocycles. The molecule has 3 heterocycles. The molecule has 1 aromatic carbocycles. The number of benzene rings is 1. The number of nitrogens with two attached hydrogens (primary N) is 1.